The molecule has 37 heavy (non-hydrogen) atoms. The van der Waals surface area contributed by atoms with Crippen LogP contribution in [0.4, 0.5) is 11.4 Å². The van der Waals surface area contributed by atoms with E-state index in [2.05, 4.69) is 12.2 Å². The normalized spacial score (nSPS) is 33.0. The Morgan fingerprint density at radius 2 is 1.54 bits per heavy atom. The fourth-order valence-electron chi connectivity index (χ4n) is 6.97. The van der Waals surface area contributed by atoms with Crippen molar-refractivity contribution in [2.24, 2.45) is 41.4 Å². The van der Waals surface area contributed by atoms with Gasteiger partial charge in [-0.1, -0.05) is 18.2 Å². The summed E-state index contributed by atoms with van der Waals surface area (Å²) in [5, 5.41) is 0. The fraction of sp³-hybridized carbons (Fsp3) is 0.379. The predicted molar refractivity (Wildman–Crippen MR) is 133 cm³/mol. The van der Waals surface area contributed by atoms with Crippen LogP contribution in [0.25, 0.3) is 0 Å². The van der Waals surface area contributed by atoms with Crippen LogP contribution in [0.3, 0.4) is 0 Å². The van der Waals surface area contributed by atoms with Crippen molar-refractivity contribution in [2.75, 3.05) is 23.5 Å². The number of benzene rings is 2. The molecule has 8 heteroatoms. The van der Waals surface area contributed by atoms with Crippen molar-refractivity contribution in [1.82, 2.24) is 0 Å². The molecule has 3 amide bonds. The number of imide groups is 1. The third kappa shape index (κ3) is 3.35. The van der Waals surface area contributed by atoms with E-state index >= 15 is 0 Å². The van der Waals surface area contributed by atoms with E-state index in [-0.39, 0.29) is 54.4 Å². The van der Waals surface area contributed by atoms with Crippen molar-refractivity contribution in [2.45, 2.75) is 12.8 Å². The Kier molecular flexibility index (Phi) is 4.83. The number of hydrogen-bond donors (Lipinski definition) is 0. The molecule has 188 valence electrons. The van der Waals surface area contributed by atoms with Crippen LogP contribution in [0.15, 0.2) is 60.7 Å². The maximum atomic E-state index is 13.3. The smallest absolute Gasteiger partial charge is 0.316 e. The van der Waals surface area contributed by atoms with Gasteiger partial charge in [0, 0.05) is 24.7 Å². The molecule has 0 aromatic heterocycles. The average molecular weight is 499 g/mol. The predicted octanol–water partition coefficient (Wildman–Crippen LogP) is 3.21. The molecule has 2 bridgehead atoms. The second-order valence-electron chi connectivity index (χ2n) is 10.7. The molecule has 0 unspecified atom stereocenters. The Morgan fingerprint density at radius 1 is 0.865 bits per heavy atom. The molecule has 2 aromatic rings. The van der Waals surface area contributed by atoms with Gasteiger partial charge in [0.2, 0.25) is 17.7 Å². The molecule has 0 N–H and O–H groups in total. The summed E-state index contributed by atoms with van der Waals surface area (Å²) in [6, 6.07) is 13.6. The van der Waals surface area contributed by atoms with Gasteiger partial charge in [0.15, 0.2) is 0 Å². The molecule has 2 aliphatic heterocycles. The summed E-state index contributed by atoms with van der Waals surface area (Å²) in [5.74, 6) is 0.399. The van der Waals surface area contributed by atoms with Crippen molar-refractivity contribution in [3.8, 4) is 11.5 Å². The number of ether oxygens (including phenoxy) is 2. The number of rotatable bonds is 5. The van der Waals surface area contributed by atoms with Gasteiger partial charge in [-0.2, -0.15) is 0 Å². The molecule has 2 aromatic carbocycles. The Hall–Kier alpha value is -3.94. The van der Waals surface area contributed by atoms with Crippen LogP contribution in [0.1, 0.15) is 12.8 Å². The van der Waals surface area contributed by atoms with Gasteiger partial charge in [-0.15, -0.1) is 0 Å². The standard InChI is InChI=1S/C29H26N2O6/c1-36-19-4-2-3-17(12-19)30-14-15(11-24(30)32)29(35)37-18-7-5-16(6-8-18)31-27(33)25-20-9-10-21(23-13-22(20)23)26(25)28(31)34/h2-10,12,15,20-23,25-26H,11,13-14H2,1H3/t15-,20-,21-,22-,23+,25+,26-/m1/s1. The zero-order valence-electron chi connectivity index (χ0n) is 20.3. The van der Waals surface area contributed by atoms with Crippen LogP contribution in [0.5, 0.6) is 11.5 Å². The van der Waals surface area contributed by atoms with Crippen LogP contribution in [0.2, 0.25) is 0 Å². The van der Waals surface area contributed by atoms with Crippen LogP contribution >= 0.6 is 0 Å². The summed E-state index contributed by atoms with van der Waals surface area (Å²) in [5.41, 5.74) is 1.17. The lowest BCUT2D eigenvalue weighted by Gasteiger charge is -2.37. The average Bonchev–Trinajstić information content (AvgIpc) is 3.59. The first-order valence-corrected chi connectivity index (χ1v) is 12.8. The minimum atomic E-state index is -0.599. The highest BCUT2D eigenvalue weighted by molar-refractivity contribution is 6.22. The van der Waals surface area contributed by atoms with E-state index in [1.54, 1.807) is 60.5 Å². The first-order chi connectivity index (χ1) is 17.9. The fourth-order valence-corrected chi connectivity index (χ4v) is 6.97. The topological polar surface area (TPSA) is 93.2 Å². The van der Waals surface area contributed by atoms with E-state index < -0.39 is 11.9 Å². The maximum absolute atomic E-state index is 13.3. The number of hydrogen-bond acceptors (Lipinski definition) is 6. The van der Waals surface area contributed by atoms with Crippen molar-refractivity contribution in [3.63, 3.8) is 0 Å². The lowest BCUT2D eigenvalue weighted by Crippen LogP contribution is -2.40. The van der Waals surface area contributed by atoms with Gasteiger partial charge in [-0.05, 0) is 66.5 Å². The zero-order valence-corrected chi connectivity index (χ0v) is 20.3. The number of esters is 1. The van der Waals surface area contributed by atoms with Gasteiger partial charge in [-0.25, -0.2) is 0 Å². The first kappa shape index (κ1) is 22.3. The van der Waals surface area contributed by atoms with Gasteiger partial charge in [0.25, 0.3) is 0 Å². The molecule has 4 fully saturated rings. The highest BCUT2D eigenvalue weighted by atomic mass is 16.5. The number of nitrogens with zero attached hydrogens (tertiary/aromatic N) is 2. The van der Waals surface area contributed by atoms with Crippen molar-refractivity contribution in [3.05, 3.63) is 60.7 Å². The maximum Gasteiger partial charge on any atom is 0.316 e. The number of carbonyl (C=O) groups excluding carboxylic acids is 4. The van der Waals surface area contributed by atoms with E-state index in [1.165, 1.54) is 4.90 Å². The number of allylic oxidation sites excluding steroid dienone is 2. The van der Waals surface area contributed by atoms with Gasteiger partial charge in [0.1, 0.15) is 11.5 Å². The monoisotopic (exact) mass is 498 g/mol. The largest absolute Gasteiger partial charge is 0.497 e. The molecule has 0 radical (unpaired) electrons. The van der Waals surface area contributed by atoms with E-state index in [1.807, 2.05) is 0 Å². The molecule has 2 saturated carbocycles. The zero-order chi connectivity index (χ0) is 25.4. The lowest BCUT2D eigenvalue weighted by atomic mass is 9.63. The van der Waals surface area contributed by atoms with Crippen molar-refractivity contribution >= 4 is 35.1 Å². The first-order valence-electron chi connectivity index (χ1n) is 12.8. The Morgan fingerprint density at radius 3 is 2.19 bits per heavy atom. The molecule has 2 heterocycles. The van der Waals surface area contributed by atoms with Crippen LogP contribution in [0, 0.1) is 41.4 Å². The third-order valence-electron chi connectivity index (χ3n) is 8.80. The summed E-state index contributed by atoms with van der Waals surface area (Å²) in [6.45, 7) is 0.223. The third-order valence-corrected chi connectivity index (χ3v) is 8.80. The molecular weight excluding hydrogens is 472 g/mol. The summed E-state index contributed by atoms with van der Waals surface area (Å²) < 4.78 is 10.8. The Labute approximate surface area is 213 Å². The van der Waals surface area contributed by atoms with Gasteiger partial charge in [-0.3, -0.25) is 24.1 Å². The van der Waals surface area contributed by atoms with Crippen LogP contribution in [-0.4, -0.2) is 37.3 Å². The highest BCUT2D eigenvalue weighted by Crippen LogP contribution is 2.65. The number of anilines is 2. The van der Waals surface area contributed by atoms with Gasteiger partial charge in [0.05, 0.1) is 30.6 Å². The molecule has 4 aliphatic carbocycles. The molecule has 0 spiro atoms. The lowest BCUT2D eigenvalue weighted by molar-refractivity contribution is -0.139. The van der Waals surface area contributed by atoms with Gasteiger partial charge >= 0.3 is 5.97 Å². The Bertz CT molecular complexity index is 1330. The van der Waals surface area contributed by atoms with Crippen LogP contribution < -0.4 is 19.3 Å². The molecule has 8 rings (SSSR count). The van der Waals surface area contributed by atoms with E-state index in [4.69, 9.17) is 9.47 Å². The van der Waals surface area contributed by atoms with Crippen molar-refractivity contribution in [1.29, 1.82) is 0 Å². The van der Waals surface area contributed by atoms with E-state index in [9.17, 15) is 19.2 Å². The molecule has 2 saturated heterocycles. The summed E-state index contributed by atoms with van der Waals surface area (Å²) >= 11 is 0. The molecule has 6 aliphatic rings. The second-order valence-corrected chi connectivity index (χ2v) is 10.7. The quantitative estimate of drug-likeness (QED) is 0.272. The van der Waals surface area contributed by atoms with Crippen LogP contribution in [-0.2, 0) is 19.2 Å². The molecule has 7 atom stereocenters. The SMILES string of the molecule is COc1cccc(N2C[C@H](C(=O)Oc3ccc(N4C(=O)[C@@H]5[C@@H]6C=C[C@H]([C@H]7C[C@@H]67)[C@@H]5C4=O)cc3)CC2=O)c1. The Balaban J connectivity index is 1.03. The minimum absolute atomic E-state index is 0.0615. The van der Waals surface area contributed by atoms with Crippen molar-refractivity contribution < 1.29 is 28.7 Å². The minimum Gasteiger partial charge on any atom is -0.497 e. The number of carbonyl (C=O) groups is 4. The number of amides is 3. The summed E-state index contributed by atoms with van der Waals surface area (Å²) in [4.78, 5) is 54.9. The highest BCUT2D eigenvalue weighted by Gasteiger charge is 2.67. The summed E-state index contributed by atoms with van der Waals surface area (Å²) in [6.07, 6.45) is 5.49. The van der Waals surface area contributed by atoms with E-state index in [0.717, 1.165) is 6.42 Å². The second kappa shape index (κ2) is 8.03. The molecular formula is C29H26N2O6. The van der Waals surface area contributed by atoms with E-state index in [0.29, 0.717) is 34.7 Å². The number of methoxy groups -OCH3 is 1. The van der Waals surface area contributed by atoms with Gasteiger partial charge < -0.3 is 14.4 Å². The molecule has 8 nitrogen and oxygen atoms in total. The summed E-state index contributed by atoms with van der Waals surface area (Å²) in [7, 11) is 1.56.